The summed E-state index contributed by atoms with van der Waals surface area (Å²) < 4.78 is 88.8. The van der Waals surface area contributed by atoms with Crippen LogP contribution in [0.1, 0.15) is 11.3 Å². The van der Waals surface area contributed by atoms with Crippen molar-refractivity contribution < 1.29 is 30.7 Å². The maximum Gasteiger partial charge on any atom is 0.433 e. The van der Waals surface area contributed by atoms with Gasteiger partial charge >= 0.3 is 12.4 Å². The summed E-state index contributed by atoms with van der Waals surface area (Å²) in [6.07, 6.45) is -9.50. The normalized spacial score (nSPS) is 12.5. The van der Waals surface area contributed by atoms with Crippen molar-refractivity contribution in [3.8, 4) is 11.3 Å². The van der Waals surface area contributed by atoms with Gasteiger partial charge in [-0.15, -0.1) is 0 Å². The van der Waals surface area contributed by atoms with Gasteiger partial charge in [0.2, 0.25) is 0 Å². The molecule has 0 spiro atoms. The third-order valence-electron chi connectivity index (χ3n) is 2.60. The fourth-order valence-corrected chi connectivity index (χ4v) is 1.65. The van der Waals surface area contributed by atoms with Crippen LogP contribution in [0.25, 0.3) is 11.3 Å². The molecule has 0 amide bonds. The average Bonchev–Trinajstić information content (AvgIpc) is 2.37. The van der Waals surface area contributed by atoms with Gasteiger partial charge in [0, 0.05) is 5.56 Å². The van der Waals surface area contributed by atoms with Gasteiger partial charge in [0.25, 0.3) is 0 Å². The van der Waals surface area contributed by atoms with Crippen molar-refractivity contribution >= 4 is 0 Å². The largest absolute Gasteiger partial charge is 0.433 e. The van der Waals surface area contributed by atoms with E-state index in [9.17, 15) is 30.7 Å². The Morgan fingerprint density at radius 2 is 1.48 bits per heavy atom. The molecule has 0 saturated carbocycles. The van der Waals surface area contributed by atoms with Crippen LogP contribution in [-0.4, -0.2) is 4.98 Å². The van der Waals surface area contributed by atoms with Gasteiger partial charge in [-0.05, 0) is 24.3 Å². The lowest BCUT2D eigenvalue weighted by atomic mass is 10.1. The van der Waals surface area contributed by atoms with Gasteiger partial charge in [0.05, 0.1) is 5.56 Å². The van der Waals surface area contributed by atoms with Crippen molar-refractivity contribution in [2.45, 2.75) is 12.4 Å². The molecule has 0 aliphatic heterocycles. The molecule has 0 aliphatic carbocycles. The van der Waals surface area contributed by atoms with E-state index < -0.39 is 35.1 Å². The first-order valence-corrected chi connectivity index (χ1v) is 5.50. The standard InChI is InChI=1S/C13H6F7N/c14-9-4-5-10(13(18,19)20)21-11(9)7-2-1-3-8(6-7)12(15,16)17/h1-6H. The Hall–Kier alpha value is -2.12. The quantitative estimate of drug-likeness (QED) is 0.681. The molecule has 0 fully saturated rings. The van der Waals surface area contributed by atoms with Crippen molar-refractivity contribution in [2.24, 2.45) is 0 Å². The number of pyridine rings is 1. The van der Waals surface area contributed by atoms with Crippen LogP contribution in [0.5, 0.6) is 0 Å². The maximum atomic E-state index is 13.6. The van der Waals surface area contributed by atoms with Crippen LogP contribution in [0.2, 0.25) is 0 Å². The highest BCUT2D eigenvalue weighted by molar-refractivity contribution is 5.61. The van der Waals surface area contributed by atoms with Crippen LogP contribution in [0.4, 0.5) is 30.7 Å². The number of aromatic nitrogens is 1. The Kier molecular flexibility index (Phi) is 3.65. The summed E-state index contributed by atoms with van der Waals surface area (Å²) >= 11 is 0. The topological polar surface area (TPSA) is 12.9 Å². The van der Waals surface area contributed by atoms with Gasteiger partial charge in [0.1, 0.15) is 17.2 Å². The number of hydrogen-bond donors (Lipinski definition) is 0. The summed E-state index contributed by atoms with van der Waals surface area (Å²) in [5.74, 6) is -1.14. The summed E-state index contributed by atoms with van der Waals surface area (Å²) in [6.45, 7) is 0. The lowest BCUT2D eigenvalue weighted by Gasteiger charge is -2.11. The Morgan fingerprint density at radius 3 is 2.05 bits per heavy atom. The van der Waals surface area contributed by atoms with Crippen LogP contribution in [0.3, 0.4) is 0 Å². The van der Waals surface area contributed by atoms with Gasteiger partial charge in [-0.1, -0.05) is 12.1 Å². The number of hydrogen-bond acceptors (Lipinski definition) is 1. The first-order chi connectivity index (χ1) is 9.59. The minimum absolute atomic E-state index is 0.381. The van der Waals surface area contributed by atoms with E-state index in [0.29, 0.717) is 18.2 Å². The SMILES string of the molecule is Fc1ccc(C(F)(F)F)nc1-c1cccc(C(F)(F)F)c1. The monoisotopic (exact) mass is 309 g/mol. The minimum atomic E-state index is -4.82. The zero-order valence-corrected chi connectivity index (χ0v) is 10.1. The second kappa shape index (κ2) is 5.01. The van der Waals surface area contributed by atoms with Crippen molar-refractivity contribution in [3.63, 3.8) is 0 Å². The molecule has 8 heteroatoms. The molecule has 1 heterocycles. The molecule has 0 aliphatic rings. The van der Waals surface area contributed by atoms with E-state index in [1.54, 1.807) is 0 Å². The molecule has 2 aromatic rings. The first-order valence-electron chi connectivity index (χ1n) is 5.50. The van der Waals surface area contributed by atoms with Crippen LogP contribution >= 0.6 is 0 Å². The van der Waals surface area contributed by atoms with Crippen molar-refractivity contribution in [3.05, 3.63) is 53.5 Å². The molecule has 21 heavy (non-hydrogen) atoms. The molecular formula is C13H6F7N. The van der Waals surface area contributed by atoms with E-state index in [0.717, 1.165) is 18.2 Å². The average molecular weight is 309 g/mol. The zero-order valence-electron chi connectivity index (χ0n) is 10.1. The van der Waals surface area contributed by atoms with Gasteiger partial charge < -0.3 is 0 Å². The van der Waals surface area contributed by atoms with Crippen LogP contribution in [0, 0.1) is 5.82 Å². The number of halogens is 7. The van der Waals surface area contributed by atoms with Crippen molar-refractivity contribution in [1.82, 2.24) is 4.98 Å². The number of benzene rings is 1. The van der Waals surface area contributed by atoms with E-state index in [2.05, 4.69) is 4.98 Å². The fourth-order valence-electron chi connectivity index (χ4n) is 1.65. The summed E-state index contributed by atoms with van der Waals surface area (Å²) in [7, 11) is 0. The van der Waals surface area contributed by atoms with Crippen LogP contribution in [0.15, 0.2) is 36.4 Å². The molecule has 112 valence electrons. The lowest BCUT2D eigenvalue weighted by Crippen LogP contribution is -2.09. The summed E-state index contributed by atoms with van der Waals surface area (Å²) in [6, 6.07) is 4.25. The second-order valence-electron chi connectivity index (χ2n) is 4.10. The lowest BCUT2D eigenvalue weighted by molar-refractivity contribution is -0.141. The maximum absolute atomic E-state index is 13.6. The molecule has 0 bridgehead atoms. The number of nitrogens with zero attached hydrogens (tertiary/aromatic N) is 1. The molecular weight excluding hydrogens is 303 g/mol. The van der Waals surface area contributed by atoms with Gasteiger partial charge in [0.15, 0.2) is 0 Å². The minimum Gasteiger partial charge on any atom is -0.240 e. The van der Waals surface area contributed by atoms with E-state index in [1.807, 2.05) is 0 Å². The predicted octanol–water partition coefficient (Wildman–Crippen LogP) is 4.93. The third kappa shape index (κ3) is 3.32. The molecule has 1 aromatic carbocycles. The third-order valence-corrected chi connectivity index (χ3v) is 2.60. The highest BCUT2D eigenvalue weighted by Crippen LogP contribution is 2.34. The summed E-state index contributed by atoms with van der Waals surface area (Å²) in [5, 5.41) is 0. The molecule has 1 aromatic heterocycles. The fraction of sp³-hybridized carbons (Fsp3) is 0.154. The van der Waals surface area contributed by atoms with E-state index in [-0.39, 0.29) is 5.56 Å². The molecule has 0 N–H and O–H groups in total. The summed E-state index contributed by atoms with van der Waals surface area (Å²) in [5.41, 5.74) is -3.64. The van der Waals surface area contributed by atoms with Gasteiger partial charge in [-0.2, -0.15) is 26.3 Å². The zero-order chi connectivity index (χ0) is 15.8. The number of rotatable bonds is 1. The molecule has 0 atom stereocenters. The van der Waals surface area contributed by atoms with Crippen LogP contribution in [-0.2, 0) is 12.4 Å². The molecule has 0 radical (unpaired) electrons. The Labute approximate surface area is 114 Å². The molecule has 0 saturated heterocycles. The number of alkyl halides is 6. The molecule has 1 nitrogen and oxygen atoms in total. The van der Waals surface area contributed by atoms with Gasteiger partial charge in [-0.25, -0.2) is 9.37 Å². The Morgan fingerprint density at radius 1 is 0.810 bits per heavy atom. The Balaban J connectivity index is 2.57. The predicted molar refractivity (Wildman–Crippen MR) is 59.6 cm³/mol. The van der Waals surface area contributed by atoms with E-state index >= 15 is 0 Å². The van der Waals surface area contributed by atoms with E-state index in [4.69, 9.17) is 0 Å². The first kappa shape index (κ1) is 15.3. The molecule has 2 rings (SSSR count). The highest BCUT2D eigenvalue weighted by Gasteiger charge is 2.34. The highest BCUT2D eigenvalue weighted by atomic mass is 19.4. The summed E-state index contributed by atoms with van der Waals surface area (Å²) in [4.78, 5) is 3.07. The second-order valence-corrected chi connectivity index (χ2v) is 4.10. The van der Waals surface area contributed by atoms with Crippen molar-refractivity contribution in [1.29, 1.82) is 0 Å². The molecule has 0 unspecified atom stereocenters. The van der Waals surface area contributed by atoms with E-state index in [1.165, 1.54) is 0 Å². The Bertz CT molecular complexity index is 658. The van der Waals surface area contributed by atoms with Crippen molar-refractivity contribution in [2.75, 3.05) is 0 Å². The van der Waals surface area contributed by atoms with Gasteiger partial charge in [-0.3, -0.25) is 0 Å². The van der Waals surface area contributed by atoms with Crippen LogP contribution < -0.4 is 0 Å². The smallest absolute Gasteiger partial charge is 0.240 e.